The summed E-state index contributed by atoms with van der Waals surface area (Å²) in [6.07, 6.45) is 2.17. The first-order valence-corrected chi connectivity index (χ1v) is 6.76. The maximum Gasteiger partial charge on any atom is 0.237 e. The molecule has 1 aromatic heterocycles. The van der Waals surface area contributed by atoms with E-state index in [9.17, 15) is 9.90 Å². The second-order valence-electron chi connectivity index (χ2n) is 5.07. The van der Waals surface area contributed by atoms with E-state index in [1.54, 1.807) is 35.1 Å². The number of aromatic nitrogens is 2. The van der Waals surface area contributed by atoms with Crippen molar-refractivity contribution in [2.24, 2.45) is 12.8 Å². The molecule has 0 bridgehead atoms. The minimum Gasteiger partial charge on any atom is -0.508 e. The molecule has 1 heterocycles. The van der Waals surface area contributed by atoms with Crippen LogP contribution in [0.15, 0.2) is 30.5 Å². The Morgan fingerprint density at radius 3 is 2.67 bits per heavy atom. The lowest BCUT2D eigenvalue weighted by Gasteiger charge is -2.12. The number of nitrogens with two attached hydrogens (primary N) is 1. The van der Waals surface area contributed by atoms with E-state index >= 15 is 0 Å². The number of amides is 1. The molecule has 0 aliphatic carbocycles. The Kier molecular flexibility index (Phi) is 4.59. The molecule has 0 fully saturated rings. The molecule has 21 heavy (non-hydrogen) atoms. The normalized spacial score (nSPS) is 12.1. The van der Waals surface area contributed by atoms with Crippen LogP contribution in [0.5, 0.6) is 5.75 Å². The van der Waals surface area contributed by atoms with Gasteiger partial charge in [-0.25, -0.2) is 0 Å². The van der Waals surface area contributed by atoms with Crippen molar-refractivity contribution >= 4 is 5.91 Å². The summed E-state index contributed by atoms with van der Waals surface area (Å²) < 4.78 is 1.76. The number of carbonyl (C=O) groups excluding carboxylic acids is 1. The average Bonchev–Trinajstić information content (AvgIpc) is 2.78. The molecule has 6 nitrogen and oxygen atoms in total. The largest absolute Gasteiger partial charge is 0.508 e. The van der Waals surface area contributed by atoms with Gasteiger partial charge in [0.15, 0.2) is 0 Å². The molecule has 0 saturated heterocycles. The number of phenols is 1. The summed E-state index contributed by atoms with van der Waals surface area (Å²) in [5.74, 6) is -0.00449. The third-order valence-corrected chi connectivity index (χ3v) is 3.52. The maximum absolute atomic E-state index is 12.0. The van der Waals surface area contributed by atoms with E-state index in [2.05, 4.69) is 10.4 Å². The standard InChI is InChI=1S/C15H20N4O2/c1-10-12(9-18-19(10)2)8-17-15(21)14(16)7-11-3-5-13(20)6-4-11/h3-6,9,14,20H,7-8,16H2,1-2H3,(H,17,21)/t14-/m0/s1. The van der Waals surface area contributed by atoms with Crippen molar-refractivity contribution in [3.63, 3.8) is 0 Å². The quantitative estimate of drug-likeness (QED) is 0.752. The zero-order valence-electron chi connectivity index (χ0n) is 12.2. The first-order chi connectivity index (χ1) is 9.97. The van der Waals surface area contributed by atoms with Crippen molar-refractivity contribution in [3.05, 3.63) is 47.3 Å². The summed E-state index contributed by atoms with van der Waals surface area (Å²) in [7, 11) is 1.86. The second-order valence-corrected chi connectivity index (χ2v) is 5.07. The molecular weight excluding hydrogens is 268 g/mol. The first-order valence-electron chi connectivity index (χ1n) is 6.76. The Bertz CT molecular complexity index is 619. The van der Waals surface area contributed by atoms with Gasteiger partial charge in [-0.15, -0.1) is 0 Å². The Morgan fingerprint density at radius 2 is 2.10 bits per heavy atom. The van der Waals surface area contributed by atoms with Crippen molar-refractivity contribution in [3.8, 4) is 5.75 Å². The zero-order valence-corrected chi connectivity index (χ0v) is 12.2. The van der Waals surface area contributed by atoms with Gasteiger partial charge in [-0.2, -0.15) is 5.10 Å². The fourth-order valence-electron chi connectivity index (χ4n) is 2.01. The minimum atomic E-state index is -0.619. The van der Waals surface area contributed by atoms with E-state index in [4.69, 9.17) is 5.73 Å². The SMILES string of the molecule is Cc1c(CNC(=O)[C@@H](N)Cc2ccc(O)cc2)cnn1C. The van der Waals surface area contributed by atoms with E-state index in [1.165, 1.54) is 0 Å². The number of hydrogen-bond donors (Lipinski definition) is 3. The number of phenolic OH excluding ortho intramolecular Hbond substituents is 1. The minimum absolute atomic E-state index is 0.198. The van der Waals surface area contributed by atoms with Crippen LogP contribution < -0.4 is 11.1 Å². The monoisotopic (exact) mass is 288 g/mol. The van der Waals surface area contributed by atoms with Crippen molar-refractivity contribution < 1.29 is 9.90 Å². The molecule has 6 heteroatoms. The van der Waals surface area contributed by atoms with Crippen LogP contribution in [0.4, 0.5) is 0 Å². The lowest BCUT2D eigenvalue weighted by atomic mass is 10.1. The summed E-state index contributed by atoms with van der Waals surface area (Å²) in [6.45, 7) is 2.37. The number of nitrogens with zero attached hydrogens (tertiary/aromatic N) is 2. The van der Waals surface area contributed by atoms with Crippen LogP contribution in [-0.2, 0) is 24.8 Å². The fraction of sp³-hybridized carbons (Fsp3) is 0.333. The van der Waals surface area contributed by atoms with Gasteiger partial charge >= 0.3 is 0 Å². The smallest absolute Gasteiger partial charge is 0.237 e. The third-order valence-electron chi connectivity index (χ3n) is 3.52. The maximum atomic E-state index is 12.0. The molecule has 0 aliphatic heterocycles. The van der Waals surface area contributed by atoms with E-state index in [1.807, 2.05) is 14.0 Å². The predicted octanol–water partition coefficient (Wildman–Crippen LogP) is 0.620. The van der Waals surface area contributed by atoms with Gasteiger partial charge in [-0.05, 0) is 31.0 Å². The van der Waals surface area contributed by atoms with Gasteiger partial charge in [0.2, 0.25) is 5.91 Å². The molecule has 0 saturated carbocycles. The number of benzene rings is 1. The summed E-state index contributed by atoms with van der Waals surface area (Å²) in [5, 5.41) is 16.2. The molecular formula is C15H20N4O2. The molecule has 112 valence electrons. The Hall–Kier alpha value is -2.34. The highest BCUT2D eigenvalue weighted by molar-refractivity contribution is 5.81. The van der Waals surface area contributed by atoms with E-state index in [-0.39, 0.29) is 11.7 Å². The lowest BCUT2D eigenvalue weighted by Crippen LogP contribution is -2.41. The van der Waals surface area contributed by atoms with Gasteiger partial charge in [-0.1, -0.05) is 12.1 Å². The number of hydrogen-bond acceptors (Lipinski definition) is 4. The molecule has 2 aromatic rings. The summed E-state index contributed by atoms with van der Waals surface area (Å²) in [6, 6.07) is 6.06. The average molecular weight is 288 g/mol. The van der Waals surface area contributed by atoms with Crippen LogP contribution in [0.2, 0.25) is 0 Å². The predicted molar refractivity (Wildman–Crippen MR) is 79.6 cm³/mol. The lowest BCUT2D eigenvalue weighted by molar-refractivity contribution is -0.122. The van der Waals surface area contributed by atoms with Crippen LogP contribution in [0, 0.1) is 6.92 Å². The number of carbonyl (C=O) groups is 1. The molecule has 0 unspecified atom stereocenters. The van der Waals surface area contributed by atoms with Gasteiger partial charge < -0.3 is 16.2 Å². The van der Waals surface area contributed by atoms with E-state index in [0.29, 0.717) is 13.0 Å². The van der Waals surface area contributed by atoms with Gasteiger partial charge in [0, 0.05) is 24.8 Å². The van der Waals surface area contributed by atoms with Crippen LogP contribution >= 0.6 is 0 Å². The summed E-state index contributed by atoms with van der Waals surface area (Å²) in [4.78, 5) is 12.0. The fourth-order valence-corrected chi connectivity index (χ4v) is 2.01. The van der Waals surface area contributed by atoms with Crippen LogP contribution in [0.3, 0.4) is 0 Å². The van der Waals surface area contributed by atoms with Gasteiger partial charge in [0.25, 0.3) is 0 Å². The van der Waals surface area contributed by atoms with Crippen molar-refractivity contribution in [1.29, 1.82) is 0 Å². The molecule has 0 spiro atoms. The van der Waals surface area contributed by atoms with Crippen LogP contribution in [0.25, 0.3) is 0 Å². The van der Waals surface area contributed by atoms with Crippen molar-refractivity contribution in [1.82, 2.24) is 15.1 Å². The molecule has 1 atom stereocenters. The van der Waals surface area contributed by atoms with Crippen LogP contribution in [0.1, 0.15) is 16.8 Å². The summed E-state index contributed by atoms with van der Waals surface area (Å²) in [5.41, 5.74) is 8.80. The molecule has 0 radical (unpaired) electrons. The zero-order chi connectivity index (χ0) is 15.4. The second kappa shape index (κ2) is 6.41. The first kappa shape index (κ1) is 15.1. The molecule has 4 N–H and O–H groups in total. The molecule has 2 rings (SSSR count). The molecule has 0 aliphatic rings. The van der Waals surface area contributed by atoms with Gasteiger partial charge in [-0.3, -0.25) is 9.48 Å². The summed E-state index contributed by atoms with van der Waals surface area (Å²) >= 11 is 0. The highest BCUT2D eigenvalue weighted by Gasteiger charge is 2.14. The van der Waals surface area contributed by atoms with E-state index in [0.717, 1.165) is 16.8 Å². The van der Waals surface area contributed by atoms with Crippen molar-refractivity contribution in [2.45, 2.75) is 25.9 Å². The Balaban J connectivity index is 1.88. The number of rotatable bonds is 5. The number of nitrogens with one attached hydrogen (secondary N) is 1. The van der Waals surface area contributed by atoms with Crippen LogP contribution in [-0.4, -0.2) is 26.8 Å². The number of aromatic hydroxyl groups is 1. The Morgan fingerprint density at radius 1 is 1.43 bits per heavy atom. The van der Waals surface area contributed by atoms with Crippen molar-refractivity contribution in [2.75, 3.05) is 0 Å². The topological polar surface area (TPSA) is 93.2 Å². The highest BCUT2D eigenvalue weighted by Crippen LogP contribution is 2.11. The molecule has 1 aromatic carbocycles. The highest BCUT2D eigenvalue weighted by atomic mass is 16.3. The van der Waals surface area contributed by atoms with Gasteiger partial charge in [0.05, 0.1) is 12.2 Å². The molecule has 1 amide bonds. The number of aryl methyl sites for hydroxylation is 1. The van der Waals surface area contributed by atoms with Gasteiger partial charge in [0.1, 0.15) is 5.75 Å². The Labute approximate surface area is 123 Å². The van der Waals surface area contributed by atoms with E-state index < -0.39 is 6.04 Å². The third kappa shape index (κ3) is 3.82.